The van der Waals surface area contributed by atoms with Crippen molar-refractivity contribution < 1.29 is 9.53 Å². The van der Waals surface area contributed by atoms with Gasteiger partial charge in [-0.05, 0) is 5.92 Å². The van der Waals surface area contributed by atoms with Crippen molar-refractivity contribution in [2.75, 3.05) is 39.4 Å². The van der Waals surface area contributed by atoms with Crippen LogP contribution in [0.3, 0.4) is 0 Å². The predicted octanol–water partition coefficient (Wildman–Crippen LogP) is 0.790. The molecule has 120 valence electrons. The van der Waals surface area contributed by atoms with E-state index < -0.39 is 0 Å². The van der Waals surface area contributed by atoms with Gasteiger partial charge >= 0.3 is 0 Å². The fourth-order valence-corrected chi connectivity index (χ4v) is 2.53. The summed E-state index contributed by atoms with van der Waals surface area (Å²) in [4.78, 5) is 14.4. The Morgan fingerprint density at radius 2 is 2.10 bits per heavy atom. The van der Waals surface area contributed by atoms with Crippen molar-refractivity contribution in [1.82, 2.24) is 15.5 Å². The fourth-order valence-electron chi connectivity index (χ4n) is 2.53. The first-order valence-corrected chi connectivity index (χ1v) is 7.64. The lowest BCUT2D eigenvalue weighted by Crippen LogP contribution is -2.54. The molecule has 2 unspecified atom stereocenters. The Kier molecular flexibility index (Phi) is 8.27. The summed E-state index contributed by atoms with van der Waals surface area (Å²) in [7, 11) is 0. The van der Waals surface area contributed by atoms with Gasteiger partial charge in [-0.3, -0.25) is 9.69 Å². The first-order chi connectivity index (χ1) is 10.1. The summed E-state index contributed by atoms with van der Waals surface area (Å²) in [6.07, 6.45) is 3.77. The number of nitrogens with one attached hydrogen (secondary N) is 2. The Hall–Kier alpha value is -1.17. The molecule has 0 aromatic rings. The lowest BCUT2D eigenvalue weighted by molar-refractivity contribution is -0.126. The first-order valence-electron chi connectivity index (χ1n) is 7.64. The second-order valence-electron chi connectivity index (χ2n) is 5.67. The van der Waals surface area contributed by atoms with E-state index in [1.165, 1.54) is 0 Å². The van der Waals surface area contributed by atoms with Gasteiger partial charge in [-0.1, -0.05) is 26.0 Å². The number of ether oxygens (including phenoxy) is 1. The lowest BCUT2D eigenvalue weighted by Gasteiger charge is -2.33. The average molecular weight is 295 g/mol. The Bertz CT molecular complexity index is 328. The zero-order chi connectivity index (χ0) is 15.7. The average Bonchev–Trinajstić information content (AvgIpc) is 2.48. The van der Waals surface area contributed by atoms with Crippen molar-refractivity contribution in [3.05, 3.63) is 25.3 Å². The van der Waals surface area contributed by atoms with Gasteiger partial charge in [-0.2, -0.15) is 0 Å². The minimum Gasteiger partial charge on any atom is -0.378 e. The second kappa shape index (κ2) is 9.71. The summed E-state index contributed by atoms with van der Waals surface area (Å²) in [6, 6.07) is 0.0216. The van der Waals surface area contributed by atoms with Gasteiger partial charge in [0, 0.05) is 32.2 Å². The van der Waals surface area contributed by atoms with Gasteiger partial charge in [0.15, 0.2) is 0 Å². The van der Waals surface area contributed by atoms with Crippen molar-refractivity contribution >= 4 is 5.91 Å². The van der Waals surface area contributed by atoms with Crippen molar-refractivity contribution in [1.29, 1.82) is 0 Å². The van der Waals surface area contributed by atoms with Crippen LogP contribution in [-0.4, -0.2) is 62.3 Å². The summed E-state index contributed by atoms with van der Waals surface area (Å²) in [5, 5.41) is 6.21. The standard InChI is InChI=1S/C16H29N3O2/c1-5-8-19(9-6-2)15(13(3)4)11-18-16(20)14-12-21-10-7-17-14/h5-6,13-15,17H,1-2,7-12H2,3-4H3,(H,18,20). The van der Waals surface area contributed by atoms with E-state index in [1.807, 2.05) is 12.2 Å². The van der Waals surface area contributed by atoms with Gasteiger partial charge in [-0.15, -0.1) is 13.2 Å². The van der Waals surface area contributed by atoms with Crippen molar-refractivity contribution in [2.45, 2.75) is 25.9 Å². The SMILES string of the molecule is C=CCN(CC=C)C(CNC(=O)C1COCCN1)C(C)C. The molecule has 1 rings (SSSR count). The Morgan fingerprint density at radius 3 is 2.57 bits per heavy atom. The highest BCUT2D eigenvalue weighted by atomic mass is 16.5. The second-order valence-corrected chi connectivity index (χ2v) is 5.67. The molecule has 21 heavy (non-hydrogen) atoms. The number of rotatable bonds is 9. The molecule has 5 nitrogen and oxygen atoms in total. The maximum absolute atomic E-state index is 12.2. The van der Waals surface area contributed by atoms with Gasteiger partial charge < -0.3 is 15.4 Å². The molecule has 2 atom stereocenters. The van der Waals surface area contributed by atoms with E-state index in [0.29, 0.717) is 25.7 Å². The number of nitrogens with zero attached hydrogens (tertiary/aromatic N) is 1. The molecule has 1 heterocycles. The number of hydrogen-bond donors (Lipinski definition) is 2. The Balaban J connectivity index is 2.54. The molecule has 0 aromatic carbocycles. The van der Waals surface area contributed by atoms with E-state index in [-0.39, 0.29) is 18.0 Å². The largest absolute Gasteiger partial charge is 0.378 e. The van der Waals surface area contributed by atoms with Gasteiger partial charge in [-0.25, -0.2) is 0 Å². The quantitative estimate of drug-likeness (QED) is 0.618. The molecule has 1 fully saturated rings. The highest BCUT2D eigenvalue weighted by Crippen LogP contribution is 2.10. The number of carbonyl (C=O) groups excluding carboxylic acids is 1. The van der Waals surface area contributed by atoms with E-state index in [1.54, 1.807) is 0 Å². The van der Waals surface area contributed by atoms with Gasteiger partial charge in [0.05, 0.1) is 13.2 Å². The molecular formula is C16H29N3O2. The van der Waals surface area contributed by atoms with E-state index in [9.17, 15) is 4.79 Å². The number of amides is 1. The molecule has 0 bridgehead atoms. The lowest BCUT2D eigenvalue weighted by atomic mass is 10.0. The van der Waals surface area contributed by atoms with Crippen molar-refractivity contribution in [3.63, 3.8) is 0 Å². The zero-order valence-electron chi connectivity index (χ0n) is 13.3. The van der Waals surface area contributed by atoms with E-state index in [4.69, 9.17) is 4.74 Å². The van der Waals surface area contributed by atoms with E-state index in [2.05, 4.69) is 42.5 Å². The topological polar surface area (TPSA) is 53.6 Å². The summed E-state index contributed by atoms with van der Waals surface area (Å²) in [6.45, 7) is 16.0. The highest BCUT2D eigenvalue weighted by Gasteiger charge is 2.24. The third-order valence-corrected chi connectivity index (χ3v) is 3.69. The Labute approximate surface area is 128 Å². The molecule has 1 aliphatic rings. The van der Waals surface area contributed by atoms with Crippen LogP contribution in [0.5, 0.6) is 0 Å². The first kappa shape index (κ1) is 17.9. The van der Waals surface area contributed by atoms with Gasteiger partial charge in [0.1, 0.15) is 6.04 Å². The minimum absolute atomic E-state index is 0.0116. The molecule has 0 spiro atoms. The van der Waals surface area contributed by atoms with Crippen LogP contribution < -0.4 is 10.6 Å². The maximum atomic E-state index is 12.2. The fraction of sp³-hybridized carbons (Fsp3) is 0.688. The van der Waals surface area contributed by atoms with Crippen LogP contribution in [0.15, 0.2) is 25.3 Å². The summed E-state index contributed by atoms with van der Waals surface area (Å²) < 4.78 is 5.32. The normalized spacial score (nSPS) is 20.3. The van der Waals surface area contributed by atoms with Crippen molar-refractivity contribution in [3.8, 4) is 0 Å². The monoisotopic (exact) mass is 295 g/mol. The molecule has 1 saturated heterocycles. The van der Waals surface area contributed by atoms with Crippen LogP contribution in [0.4, 0.5) is 0 Å². The molecule has 0 saturated carbocycles. The van der Waals surface area contributed by atoms with Gasteiger partial charge in [0.25, 0.3) is 0 Å². The summed E-state index contributed by atoms with van der Waals surface area (Å²) >= 11 is 0. The van der Waals surface area contributed by atoms with Crippen LogP contribution in [0, 0.1) is 5.92 Å². The number of carbonyl (C=O) groups is 1. The number of hydrogen-bond acceptors (Lipinski definition) is 4. The molecular weight excluding hydrogens is 266 g/mol. The highest BCUT2D eigenvalue weighted by molar-refractivity contribution is 5.82. The summed E-state index contributed by atoms with van der Waals surface area (Å²) in [5.74, 6) is 0.443. The third-order valence-electron chi connectivity index (χ3n) is 3.69. The molecule has 0 aromatic heterocycles. The van der Waals surface area contributed by atoms with Crippen LogP contribution >= 0.6 is 0 Å². The molecule has 5 heteroatoms. The molecule has 1 aliphatic heterocycles. The van der Waals surface area contributed by atoms with E-state index in [0.717, 1.165) is 19.6 Å². The maximum Gasteiger partial charge on any atom is 0.239 e. The van der Waals surface area contributed by atoms with Crippen molar-refractivity contribution in [2.24, 2.45) is 5.92 Å². The molecule has 1 amide bonds. The number of morpholine rings is 1. The molecule has 0 radical (unpaired) electrons. The summed E-state index contributed by atoms with van der Waals surface area (Å²) in [5.41, 5.74) is 0. The van der Waals surface area contributed by atoms with Crippen LogP contribution in [-0.2, 0) is 9.53 Å². The molecule has 2 N–H and O–H groups in total. The van der Waals surface area contributed by atoms with Crippen LogP contribution in [0.2, 0.25) is 0 Å². The minimum atomic E-state index is -0.237. The van der Waals surface area contributed by atoms with Gasteiger partial charge in [0.2, 0.25) is 5.91 Å². The third kappa shape index (κ3) is 5.99. The Morgan fingerprint density at radius 1 is 1.43 bits per heavy atom. The smallest absolute Gasteiger partial charge is 0.239 e. The van der Waals surface area contributed by atoms with Crippen LogP contribution in [0.1, 0.15) is 13.8 Å². The van der Waals surface area contributed by atoms with E-state index >= 15 is 0 Å². The predicted molar refractivity (Wildman–Crippen MR) is 86.2 cm³/mol. The zero-order valence-corrected chi connectivity index (χ0v) is 13.3. The molecule has 0 aliphatic carbocycles. The van der Waals surface area contributed by atoms with Crippen LogP contribution in [0.25, 0.3) is 0 Å².